The molecule has 0 aromatic carbocycles. The fraction of sp³-hybridized carbons (Fsp3) is 0.833. The highest BCUT2D eigenvalue weighted by atomic mass is 32.2. The third kappa shape index (κ3) is 2.36. The SMILES string of the molecule is CCCCC/C=C1/[C@H]2N1S(=O)(=O)OCC2(C)C. The van der Waals surface area contributed by atoms with Crippen molar-refractivity contribution >= 4 is 10.3 Å². The highest BCUT2D eigenvalue weighted by molar-refractivity contribution is 7.84. The zero-order valence-corrected chi connectivity index (χ0v) is 11.6. The van der Waals surface area contributed by atoms with Gasteiger partial charge in [0.25, 0.3) is 0 Å². The van der Waals surface area contributed by atoms with Crippen LogP contribution in [0.4, 0.5) is 0 Å². The smallest absolute Gasteiger partial charge is 0.253 e. The molecule has 0 aliphatic carbocycles. The lowest BCUT2D eigenvalue weighted by Gasteiger charge is -2.27. The van der Waals surface area contributed by atoms with Gasteiger partial charge in [0.15, 0.2) is 0 Å². The molecule has 0 radical (unpaired) electrons. The molecule has 0 unspecified atom stereocenters. The summed E-state index contributed by atoms with van der Waals surface area (Å²) in [4.78, 5) is 0. The molecule has 1 atom stereocenters. The van der Waals surface area contributed by atoms with Crippen LogP contribution in [0.5, 0.6) is 0 Å². The maximum absolute atomic E-state index is 11.7. The molecule has 0 bridgehead atoms. The highest BCUT2D eigenvalue weighted by Gasteiger charge is 2.60. The quantitative estimate of drug-likeness (QED) is 0.575. The first kappa shape index (κ1) is 12.9. The molecule has 2 saturated heterocycles. The van der Waals surface area contributed by atoms with Gasteiger partial charge in [-0.2, -0.15) is 8.42 Å². The van der Waals surface area contributed by atoms with E-state index in [9.17, 15) is 8.42 Å². The van der Waals surface area contributed by atoms with Crippen molar-refractivity contribution in [1.29, 1.82) is 0 Å². The molecule has 0 saturated carbocycles. The summed E-state index contributed by atoms with van der Waals surface area (Å²) in [5.74, 6) is 0. The Bertz CT molecular complexity index is 425. The van der Waals surface area contributed by atoms with Crippen LogP contribution in [0.3, 0.4) is 0 Å². The second-order valence-corrected chi connectivity index (χ2v) is 7.02. The zero-order valence-electron chi connectivity index (χ0n) is 10.8. The number of allylic oxidation sites excluding steroid dienone is 1. The van der Waals surface area contributed by atoms with Crippen molar-refractivity contribution in [3.63, 3.8) is 0 Å². The van der Waals surface area contributed by atoms with Crippen molar-refractivity contribution < 1.29 is 12.6 Å². The van der Waals surface area contributed by atoms with Crippen LogP contribution in [-0.4, -0.2) is 25.4 Å². The van der Waals surface area contributed by atoms with Crippen LogP contribution in [0.25, 0.3) is 0 Å². The van der Waals surface area contributed by atoms with E-state index in [1.807, 2.05) is 13.8 Å². The van der Waals surface area contributed by atoms with Crippen molar-refractivity contribution in [2.75, 3.05) is 6.61 Å². The Labute approximate surface area is 104 Å². The number of hydrogen-bond donors (Lipinski definition) is 0. The second-order valence-electron chi connectivity index (χ2n) is 5.53. The van der Waals surface area contributed by atoms with Crippen molar-refractivity contribution in [3.05, 3.63) is 11.8 Å². The molecule has 0 spiro atoms. The van der Waals surface area contributed by atoms with Crippen LogP contribution in [0.15, 0.2) is 11.8 Å². The summed E-state index contributed by atoms with van der Waals surface area (Å²) < 4.78 is 29.7. The van der Waals surface area contributed by atoms with Crippen molar-refractivity contribution in [2.24, 2.45) is 5.41 Å². The molecule has 2 aliphatic rings. The number of fused-ring (bicyclic) bond motifs is 1. The van der Waals surface area contributed by atoms with E-state index in [1.54, 1.807) is 0 Å². The fourth-order valence-electron chi connectivity index (χ4n) is 2.38. The lowest BCUT2D eigenvalue weighted by Crippen LogP contribution is -2.37. The van der Waals surface area contributed by atoms with Gasteiger partial charge in [-0.15, -0.1) is 0 Å². The van der Waals surface area contributed by atoms with Gasteiger partial charge in [-0.3, -0.25) is 4.18 Å². The molecule has 2 fully saturated rings. The van der Waals surface area contributed by atoms with Crippen molar-refractivity contribution in [3.8, 4) is 0 Å². The molecule has 2 rings (SSSR count). The standard InChI is InChI=1S/C12H21NO3S/c1-4-5-6-7-8-10-11-12(2,3)9-16-17(14,15)13(10)11/h8,11H,4-7,9H2,1-3H3/b10-8-/t11-,13?/m1/s1. The number of unbranched alkanes of at least 4 members (excludes halogenated alkanes) is 3. The Hall–Kier alpha value is -0.550. The van der Waals surface area contributed by atoms with E-state index in [0.717, 1.165) is 18.5 Å². The van der Waals surface area contributed by atoms with Gasteiger partial charge in [0.2, 0.25) is 0 Å². The van der Waals surface area contributed by atoms with E-state index in [1.165, 1.54) is 17.1 Å². The summed E-state index contributed by atoms with van der Waals surface area (Å²) in [7, 11) is -3.49. The maximum atomic E-state index is 11.7. The lowest BCUT2D eigenvalue weighted by molar-refractivity contribution is 0.141. The Kier molecular flexibility index (Phi) is 3.25. The third-order valence-corrected chi connectivity index (χ3v) is 4.74. The fourth-order valence-corrected chi connectivity index (χ4v) is 3.98. The largest absolute Gasteiger partial charge is 0.362 e. The topological polar surface area (TPSA) is 46.4 Å². The van der Waals surface area contributed by atoms with E-state index >= 15 is 0 Å². The minimum atomic E-state index is -3.49. The Balaban J connectivity index is 2.07. The van der Waals surface area contributed by atoms with Gasteiger partial charge in [0.1, 0.15) is 0 Å². The van der Waals surface area contributed by atoms with E-state index in [-0.39, 0.29) is 18.1 Å². The third-order valence-electron chi connectivity index (χ3n) is 3.42. The molecule has 4 nitrogen and oxygen atoms in total. The minimum absolute atomic E-state index is 0.0304. The monoisotopic (exact) mass is 259 g/mol. The van der Waals surface area contributed by atoms with Crippen LogP contribution < -0.4 is 0 Å². The van der Waals surface area contributed by atoms with E-state index in [4.69, 9.17) is 4.18 Å². The van der Waals surface area contributed by atoms with Crippen molar-refractivity contribution in [2.45, 2.75) is 52.5 Å². The molecular weight excluding hydrogens is 238 g/mol. The van der Waals surface area contributed by atoms with Crippen LogP contribution in [0.2, 0.25) is 0 Å². The number of rotatable bonds is 4. The maximum Gasteiger partial charge on any atom is 0.362 e. The molecule has 17 heavy (non-hydrogen) atoms. The van der Waals surface area contributed by atoms with Crippen LogP contribution in [0.1, 0.15) is 46.5 Å². The first-order chi connectivity index (χ1) is 7.90. The summed E-state index contributed by atoms with van der Waals surface area (Å²) >= 11 is 0. The molecule has 2 heterocycles. The summed E-state index contributed by atoms with van der Waals surface area (Å²) in [6.07, 6.45) is 6.53. The summed E-state index contributed by atoms with van der Waals surface area (Å²) in [6, 6.07) is 0.0304. The van der Waals surface area contributed by atoms with Gasteiger partial charge in [-0.25, -0.2) is 4.31 Å². The average Bonchev–Trinajstić information content (AvgIpc) is 2.97. The molecule has 5 heteroatoms. The van der Waals surface area contributed by atoms with Gasteiger partial charge >= 0.3 is 10.3 Å². The Morgan fingerprint density at radius 3 is 2.76 bits per heavy atom. The Morgan fingerprint density at radius 1 is 1.47 bits per heavy atom. The minimum Gasteiger partial charge on any atom is -0.253 e. The molecule has 0 aromatic rings. The van der Waals surface area contributed by atoms with E-state index < -0.39 is 10.3 Å². The predicted molar refractivity (Wildman–Crippen MR) is 66.5 cm³/mol. The highest BCUT2D eigenvalue weighted by Crippen LogP contribution is 2.51. The number of hydrogen-bond acceptors (Lipinski definition) is 3. The first-order valence-electron chi connectivity index (χ1n) is 6.29. The van der Waals surface area contributed by atoms with Crippen LogP contribution in [-0.2, 0) is 14.5 Å². The zero-order chi connectivity index (χ0) is 12.7. The first-order valence-corrected chi connectivity index (χ1v) is 7.65. The van der Waals surface area contributed by atoms with Gasteiger partial charge in [-0.1, -0.05) is 39.7 Å². The van der Waals surface area contributed by atoms with Gasteiger partial charge < -0.3 is 0 Å². The lowest BCUT2D eigenvalue weighted by atomic mass is 9.89. The summed E-state index contributed by atoms with van der Waals surface area (Å²) in [5.41, 5.74) is 0.825. The molecule has 0 N–H and O–H groups in total. The molecule has 0 amide bonds. The average molecular weight is 259 g/mol. The summed E-state index contributed by atoms with van der Waals surface area (Å²) in [6.45, 7) is 6.54. The van der Waals surface area contributed by atoms with Crippen LogP contribution >= 0.6 is 0 Å². The van der Waals surface area contributed by atoms with E-state index in [2.05, 4.69) is 13.0 Å². The molecular formula is C12H21NO3S. The van der Waals surface area contributed by atoms with Gasteiger partial charge in [0, 0.05) is 5.41 Å². The van der Waals surface area contributed by atoms with E-state index in [0.29, 0.717) is 0 Å². The van der Waals surface area contributed by atoms with Crippen LogP contribution in [0, 0.1) is 5.41 Å². The number of nitrogens with zero attached hydrogens (tertiary/aromatic N) is 1. The normalized spacial score (nSPS) is 31.4. The van der Waals surface area contributed by atoms with Crippen molar-refractivity contribution in [1.82, 2.24) is 4.31 Å². The van der Waals surface area contributed by atoms with Gasteiger partial charge in [-0.05, 0) is 12.8 Å². The molecule has 0 aromatic heterocycles. The summed E-state index contributed by atoms with van der Waals surface area (Å²) in [5, 5.41) is 0. The Morgan fingerprint density at radius 2 is 2.18 bits per heavy atom. The second kappa shape index (κ2) is 4.28. The molecule has 2 aliphatic heterocycles. The van der Waals surface area contributed by atoms with Gasteiger partial charge in [0.05, 0.1) is 18.3 Å². The predicted octanol–water partition coefficient (Wildman–Crippen LogP) is 2.44. The molecule has 98 valence electrons.